The maximum absolute atomic E-state index is 10.9. The minimum Gasteiger partial charge on any atom is -0.307 e. The summed E-state index contributed by atoms with van der Waals surface area (Å²) in [4.78, 5) is 8.77. The van der Waals surface area contributed by atoms with Gasteiger partial charge in [0.15, 0.2) is 5.69 Å². The van der Waals surface area contributed by atoms with E-state index < -0.39 is 0 Å². The molecule has 9 aromatic carbocycles. The van der Waals surface area contributed by atoms with Crippen LogP contribution in [0, 0.1) is 51.9 Å². The summed E-state index contributed by atoms with van der Waals surface area (Å²) < 4.78 is 4.46. The van der Waals surface area contributed by atoms with E-state index in [1.54, 1.807) is 24.3 Å². The fourth-order valence-electron chi connectivity index (χ4n) is 10.2. The van der Waals surface area contributed by atoms with Gasteiger partial charge in [-0.05, 0) is 142 Å². The molecule has 330 valence electrons. The molecule has 8 nitrogen and oxygen atoms in total. The maximum Gasteiger partial charge on any atom is 0.187 e. The Labute approximate surface area is 414 Å². The molecule has 8 heteroatoms. The highest BCUT2D eigenvalue weighted by Gasteiger charge is 2.25. The minimum absolute atomic E-state index is 0.494. The molecular formula is C64H34N8. The van der Waals surface area contributed by atoms with Crippen molar-refractivity contribution in [2.24, 2.45) is 0 Å². The molecule has 0 saturated carbocycles. The predicted molar refractivity (Wildman–Crippen MR) is 285 cm³/mol. The molecule has 0 aliphatic carbocycles. The Kier molecular flexibility index (Phi) is 10.3. The zero-order valence-corrected chi connectivity index (χ0v) is 38.2. The number of fused-ring (bicyclic) bond motifs is 6. The maximum atomic E-state index is 10.9. The van der Waals surface area contributed by atoms with Gasteiger partial charge >= 0.3 is 0 Å². The highest BCUT2D eigenvalue weighted by molar-refractivity contribution is 6.14. The lowest BCUT2D eigenvalue weighted by atomic mass is 9.97. The third-order valence-corrected chi connectivity index (χ3v) is 13.5. The first kappa shape index (κ1) is 42.5. The highest BCUT2D eigenvalue weighted by Crippen LogP contribution is 2.45. The van der Waals surface area contributed by atoms with Gasteiger partial charge in [0, 0.05) is 32.7 Å². The van der Waals surface area contributed by atoms with Crippen molar-refractivity contribution < 1.29 is 0 Å². The number of nitrogens with zero attached hydrogens (tertiary/aromatic N) is 8. The van der Waals surface area contributed by atoms with Gasteiger partial charge in [0.2, 0.25) is 0 Å². The monoisotopic (exact) mass is 914 g/mol. The number of nitriles is 4. The number of benzene rings is 9. The molecule has 0 radical (unpaired) electrons. The molecule has 0 spiro atoms. The largest absolute Gasteiger partial charge is 0.307 e. The van der Waals surface area contributed by atoms with Gasteiger partial charge in [0.25, 0.3) is 0 Å². The van der Waals surface area contributed by atoms with Gasteiger partial charge < -0.3 is 9.13 Å². The second-order valence-electron chi connectivity index (χ2n) is 17.5. The van der Waals surface area contributed by atoms with E-state index in [4.69, 9.17) is 11.6 Å². The number of rotatable bonds is 7. The highest BCUT2D eigenvalue weighted by atomic mass is 15.0. The van der Waals surface area contributed by atoms with Crippen LogP contribution in [-0.4, -0.2) is 14.1 Å². The Hall–Kier alpha value is -10.8. The van der Waals surface area contributed by atoms with Gasteiger partial charge in [0.1, 0.15) is 0 Å². The van der Waals surface area contributed by atoms with Gasteiger partial charge in [-0.25, -0.2) is 4.85 Å². The summed E-state index contributed by atoms with van der Waals surface area (Å²) in [6.07, 6.45) is 3.74. The smallest absolute Gasteiger partial charge is 0.187 e. The Morgan fingerprint density at radius 2 is 0.750 bits per heavy atom. The van der Waals surface area contributed by atoms with Crippen LogP contribution >= 0.6 is 0 Å². The molecule has 0 unspecified atom stereocenters. The van der Waals surface area contributed by atoms with Crippen LogP contribution in [-0.2, 0) is 0 Å². The Bertz CT molecular complexity index is 3990. The molecular weight excluding hydrogens is 881 g/mol. The van der Waals surface area contributed by atoms with E-state index in [1.165, 1.54) is 0 Å². The van der Waals surface area contributed by atoms with E-state index in [0.717, 1.165) is 111 Å². The molecule has 0 amide bonds. The number of hydrogen-bond donors (Lipinski definition) is 0. The zero-order chi connectivity index (χ0) is 48.9. The number of aromatic nitrogens is 3. The zero-order valence-electron chi connectivity index (χ0n) is 38.2. The first-order chi connectivity index (χ1) is 35.4. The quantitative estimate of drug-likeness (QED) is 0.147. The topological polar surface area (TPSA) is 122 Å². The normalized spacial score (nSPS) is 11.0. The van der Waals surface area contributed by atoms with Crippen molar-refractivity contribution in [2.75, 3.05) is 0 Å². The van der Waals surface area contributed by atoms with Crippen molar-refractivity contribution in [2.45, 2.75) is 0 Å². The fraction of sp³-hybridized carbons (Fsp3) is 0. The van der Waals surface area contributed by atoms with E-state index in [2.05, 4.69) is 111 Å². The molecule has 3 heterocycles. The van der Waals surface area contributed by atoms with Crippen molar-refractivity contribution in [3.8, 4) is 91.3 Å². The molecule has 0 atom stereocenters. The van der Waals surface area contributed by atoms with Gasteiger partial charge in [-0.2, -0.15) is 21.0 Å². The van der Waals surface area contributed by atoms with Gasteiger partial charge in [-0.1, -0.05) is 97.1 Å². The van der Waals surface area contributed by atoms with Gasteiger partial charge in [-0.15, -0.1) is 0 Å². The lowest BCUT2D eigenvalue weighted by Crippen LogP contribution is -2.05. The molecule has 0 aliphatic rings. The molecule has 0 saturated heterocycles. The fourth-order valence-corrected chi connectivity index (χ4v) is 10.2. The molecule has 12 rings (SSSR count). The molecule has 0 bridgehead atoms. The first-order valence-corrected chi connectivity index (χ1v) is 23.1. The van der Waals surface area contributed by atoms with Crippen molar-refractivity contribution in [3.05, 3.63) is 240 Å². The van der Waals surface area contributed by atoms with Crippen molar-refractivity contribution >= 4 is 49.3 Å². The van der Waals surface area contributed by atoms with Crippen molar-refractivity contribution in [3.63, 3.8) is 0 Å². The Balaban J connectivity index is 1.17. The second-order valence-corrected chi connectivity index (χ2v) is 17.5. The van der Waals surface area contributed by atoms with E-state index >= 15 is 0 Å². The van der Waals surface area contributed by atoms with Crippen molar-refractivity contribution in [1.29, 1.82) is 21.0 Å². The molecule has 0 N–H and O–H groups in total. The van der Waals surface area contributed by atoms with Crippen LogP contribution in [0.25, 0.3) is 115 Å². The molecule has 12 aromatic rings. The summed E-state index contributed by atoms with van der Waals surface area (Å²) in [6.45, 7) is 7.73. The number of hydrogen-bond acceptors (Lipinski definition) is 5. The first-order valence-electron chi connectivity index (χ1n) is 23.1. The minimum atomic E-state index is 0.494. The molecule has 72 heavy (non-hydrogen) atoms. The van der Waals surface area contributed by atoms with E-state index in [9.17, 15) is 21.0 Å². The molecule has 0 fully saturated rings. The van der Waals surface area contributed by atoms with Crippen LogP contribution in [0.5, 0.6) is 0 Å². The molecule has 0 aliphatic heterocycles. The Morgan fingerprint density at radius 3 is 1.14 bits per heavy atom. The van der Waals surface area contributed by atoms with Crippen molar-refractivity contribution in [1.82, 2.24) is 14.1 Å². The predicted octanol–water partition coefficient (Wildman–Crippen LogP) is 15.6. The SMILES string of the molecule is [C-]#[N+]c1cccc(-c2ccc3c(c2)c2cc(-c4cccc(C#N)c4)ccc2n3-c2cncc(-n3c4ccc(-c5cccc(C#N)c5)cc4c4cc(-c5cccc(C#N)c5)ccc43)c2-c2ccccc2C#N)c1. The average Bonchev–Trinajstić information content (AvgIpc) is 3.96. The van der Waals surface area contributed by atoms with Crippen LogP contribution < -0.4 is 0 Å². The van der Waals surface area contributed by atoms with Crippen LogP contribution in [0.4, 0.5) is 5.69 Å². The standard InChI is InChI=1S/C64H34N8/c1-69-52-16-7-15-46(29-52)50-21-25-61-57(33-50)56-32-49(45-14-6-10-42(28-45)36-67)20-24-60(56)72(61)63-39-70-38-62(64(63)53-17-3-2-11-51(53)37-68)71-58-22-18-47(43-12-4-8-40(26-43)34-65)30-54(58)55-31-48(19-23-59(55)71)44-13-5-9-41(27-44)35-66/h2-33,38-39H. The third-order valence-electron chi connectivity index (χ3n) is 13.5. The lowest BCUT2D eigenvalue weighted by molar-refractivity contribution is 1.09. The summed E-state index contributed by atoms with van der Waals surface area (Å²) in [5.74, 6) is 0. The van der Waals surface area contributed by atoms with E-state index in [-0.39, 0.29) is 0 Å². The second kappa shape index (κ2) is 17.4. The van der Waals surface area contributed by atoms with Crippen LogP contribution in [0.2, 0.25) is 0 Å². The van der Waals surface area contributed by atoms with E-state index in [0.29, 0.717) is 27.9 Å². The average molecular weight is 915 g/mol. The summed E-state index contributed by atoms with van der Waals surface area (Å²) in [7, 11) is 0. The summed E-state index contributed by atoms with van der Waals surface area (Å²) >= 11 is 0. The Morgan fingerprint density at radius 1 is 0.375 bits per heavy atom. The lowest BCUT2D eigenvalue weighted by Gasteiger charge is -2.20. The van der Waals surface area contributed by atoms with Crippen LogP contribution in [0.3, 0.4) is 0 Å². The molecule has 3 aromatic heterocycles. The van der Waals surface area contributed by atoms with Crippen LogP contribution in [0.1, 0.15) is 22.3 Å². The van der Waals surface area contributed by atoms with Crippen LogP contribution in [0.15, 0.2) is 207 Å². The number of pyridine rings is 1. The summed E-state index contributed by atoms with van der Waals surface area (Å²) in [5, 5.41) is 44.2. The summed E-state index contributed by atoms with van der Waals surface area (Å²) in [5.41, 5.74) is 16.8. The van der Waals surface area contributed by atoms with Gasteiger partial charge in [0.05, 0.1) is 98.9 Å². The van der Waals surface area contributed by atoms with Gasteiger partial charge in [-0.3, -0.25) is 4.98 Å². The van der Waals surface area contributed by atoms with E-state index in [1.807, 2.05) is 109 Å². The summed E-state index contributed by atoms with van der Waals surface area (Å²) in [6, 6.07) is 72.9. The third kappa shape index (κ3) is 7.08.